The highest BCUT2D eigenvalue weighted by atomic mass is 32.2. The first-order valence-electron chi connectivity index (χ1n) is 6.62. The second kappa shape index (κ2) is 7.15. The van der Waals surface area contributed by atoms with Crippen LogP contribution < -0.4 is 5.32 Å². The number of hydrogen-bond acceptors (Lipinski definition) is 3. The molecule has 102 valence electrons. The highest BCUT2D eigenvalue weighted by Gasteiger charge is 2.13. The number of aromatic nitrogens is 1. The third kappa shape index (κ3) is 4.29. The number of rotatable bonds is 6. The Morgan fingerprint density at radius 1 is 1.28 bits per heavy atom. The van der Waals surface area contributed by atoms with Gasteiger partial charge in [0.1, 0.15) is 0 Å². The zero-order chi connectivity index (χ0) is 13.7. The predicted molar refractivity (Wildman–Crippen MR) is 82.4 cm³/mol. The maximum absolute atomic E-state index is 4.57. The molecule has 0 spiro atoms. The van der Waals surface area contributed by atoms with Crippen LogP contribution in [0.3, 0.4) is 0 Å². The monoisotopic (exact) mass is 266 g/mol. The van der Waals surface area contributed by atoms with Crippen molar-refractivity contribution in [2.24, 2.45) is 5.92 Å². The van der Waals surface area contributed by atoms with Crippen molar-refractivity contribution in [3.63, 3.8) is 0 Å². The lowest BCUT2D eigenvalue weighted by Gasteiger charge is -2.21. The number of nitrogens with one attached hydrogen (secondary N) is 1. The second-order valence-corrected chi connectivity index (χ2v) is 6.18. The molecule has 1 N–H and O–H groups in total. The van der Waals surface area contributed by atoms with E-state index in [4.69, 9.17) is 0 Å². The molecule has 2 unspecified atom stereocenters. The van der Waals surface area contributed by atoms with E-state index in [2.05, 4.69) is 57.2 Å². The molecule has 0 fully saturated rings. The topological polar surface area (TPSA) is 24.9 Å². The van der Waals surface area contributed by atoms with Gasteiger partial charge in [-0.25, -0.2) is 0 Å². The van der Waals surface area contributed by atoms with Crippen LogP contribution in [0.5, 0.6) is 0 Å². The van der Waals surface area contributed by atoms with E-state index < -0.39 is 0 Å². The summed E-state index contributed by atoms with van der Waals surface area (Å²) in [6, 6.07) is 2.55. The van der Waals surface area contributed by atoms with Gasteiger partial charge in [-0.3, -0.25) is 4.98 Å². The lowest BCUT2D eigenvalue weighted by atomic mass is 10.00. The summed E-state index contributed by atoms with van der Waals surface area (Å²) in [6.07, 6.45) is 2.16. The van der Waals surface area contributed by atoms with E-state index in [1.54, 1.807) is 0 Å². The smallest absolute Gasteiger partial charge is 0.0426 e. The standard InChI is InChI=1S/C15H26N2S/c1-10(9-18-6)8-16-13(4)15-11(2)7-12(3)17-14(15)5/h7,10,13,16H,8-9H2,1-6H3. The Labute approximate surface area is 116 Å². The Balaban J connectivity index is 2.70. The molecule has 0 bridgehead atoms. The Morgan fingerprint density at radius 3 is 2.50 bits per heavy atom. The molecule has 0 aliphatic heterocycles. The van der Waals surface area contributed by atoms with E-state index in [1.165, 1.54) is 16.9 Å². The molecule has 2 nitrogen and oxygen atoms in total. The van der Waals surface area contributed by atoms with Gasteiger partial charge < -0.3 is 5.32 Å². The summed E-state index contributed by atoms with van der Waals surface area (Å²) in [7, 11) is 0. The zero-order valence-electron chi connectivity index (χ0n) is 12.5. The van der Waals surface area contributed by atoms with Crippen LogP contribution >= 0.6 is 11.8 Å². The van der Waals surface area contributed by atoms with Gasteiger partial charge in [-0.2, -0.15) is 11.8 Å². The van der Waals surface area contributed by atoms with Crippen LogP contribution in [-0.4, -0.2) is 23.5 Å². The van der Waals surface area contributed by atoms with Crippen molar-refractivity contribution in [2.75, 3.05) is 18.6 Å². The maximum Gasteiger partial charge on any atom is 0.0426 e. The van der Waals surface area contributed by atoms with Crippen LogP contribution in [0.4, 0.5) is 0 Å². The third-order valence-electron chi connectivity index (χ3n) is 3.24. The van der Waals surface area contributed by atoms with Crippen LogP contribution in [-0.2, 0) is 0 Å². The minimum atomic E-state index is 0.377. The summed E-state index contributed by atoms with van der Waals surface area (Å²) < 4.78 is 0. The van der Waals surface area contributed by atoms with E-state index in [-0.39, 0.29) is 0 Å². The number of pyridine rings is 1. The van der Waals surface area contributed by atoms with Gasteiger partial charge in [0.25, 0.3) is 0 Å². The molecule has 0 aliphatic carbocycles. The predicted octanol–water partition coefficient (Wildman–Crippen LogP) is 3.66. The molecule has 1 heterocycles. The van der Waals surface area contributed by atoms with Crippen molar-refractivity contribution in [1.29, 1.82) is 0 Å². The molecule has 0 radical (unpaired) electrons. The summed E-state index contributed by atoms with van der Waals surface area (Å²) in [6.45, 7) is 11.9. The number of aryl methyl sites for hydroxylation is 3. The van der Waals surface area contributed by atoms with Crippen molar-refractivity contribution in [1.82, 2.24) is 10.3 Å². The second-order valence-electron chi connectivity index (χ2n) is 5.27. The fourth-order valence-electron chi connectivity index (χ4n) is 2.51. The SMILES string of the molecule is CSCC(C)CNC(C)c1c(C)cc(C)nc1C. The fraction of sp³-hybridized carbons (Fsp3) is 0.667. The number of hydrogen-bond donors (Lipinski definition) is 1. The molecule has 0 saturated carbocycles. The Hall–Kier alpha value is -0.540. The van der Waals surface area contributed by atoms with Crippen LogP contribution in [0.25, 0.3) is 0 Å². The van der Waals surface area contributed by atoms with Gasteiger partial charge in [0.05, 0.1) is 0 Å². The minimum absolute atomic E-state index is 0.377. The highest BCUT2D eigenvalue weighted by Crippen LogP contribution is 2.21. The normalized spacial score (nSPS) is 14.6. The first-order chi connectivity index (χ1) is 8.45. The van der Waals surface area contributed by atoms with Crippen molar-refractivity contribution < 1.29 is 0 Å². The van der Waals surface area contributed by atoms with Crippen molar-refractivity contribution in [3.05, 3.63) is 28.6 Å². The molecule has 0 amide bonds. The third-order valence-corrected chi connectivity index (χ3v) is 4.14. The Morgan fingerprint density at radius 2 is 1.94 bits per heavy atom. The minimum Gasteiger partial charge on any atom is -0.310 e. The highest BCUT2D eigenvalue weighted by molar-refractivity contribution is 7.98. The summed E-state index contributed by atoms with van der Waals surface area (Å²) in [5, 5.41) is 3.63. The average molecular weight is 266 g/mol. The van der Waals surface area contributed by atoms with E-state index in [1.807, 2.05) is 11.8 Å². The molecule has 0 aliphatic rings. The fourth-order valence-corrected chi connectivity index (χ4v) is 3.20. The van der Waals surface area contributed by atoms with E-state index >= 15 is 0 Å². The van der Waals surface area contributed by atoms with Gasteiger partial charge in [-0.15, -0.1) is 0 Å². The summed E-state index contributed by atoms with van der Waals surface area (Å²) in [4.78, 5) is 4.57. The maximum atomic E-state index is 4.57. The first-order valence-corrected chi connectivity index (χ1v) is 8.02. The lowest BCUT2D eigenvalue weighted by molar-refractivity contribution is 0.497. The quantitative estimate of drug-likeness (QED) is 0.850. The molecule has 1 aromatic rings. The largest absolute Gasteiger partial charge is 0.310 e. The van der Waals surface area contributed by atoms with Crippen LogP contribution in [0.15, 0.2) is 6.07 Å². The zero-order valence-corrected chi connectivity index (χ0v) is 13.3. The van der Waals surface area contributed by atoms with Crippen LogP contribution in [0, 0.1) is 26.7 Å². The lowest BCUT2D eigenvalue weighted by Crippen LogP contribution is -2.26. The molecule has 0 saturated heterocycles. The van der Waals surface area contributed by atoms with Gasteiger partial charge in [-0.05, 0) is 69.4 Å². The molecular formula is C15H26N2S. The van der Waals surface area contributed by atoms with Gasteiger partial charge in [0.15, 0.2) is 0 Å². The van der Waals surface area contributed by atoms with E-state index in [9.17, 15) is 0 Å². The van der Waals surface area contributed by atoms with Gasteiger partial charge in [0, 0.05) is 17.4 Å². The molecule has 18 heavy (non-hydrogen) atoms. The van der Waals surface area contributed by atoms with E-state index in [0.29, 0.717) is 12.0 Å². The number of thioether (sulfide) groups is 1. The molecule has 1 rings (SSSR count). The van der Waals surface area contributed by atoms with Gasteiger partial charge in [-0.1, -0.05) is 6.92 Å². The summed E-state index contributed by atoms with van der Waals surface area (Å²) >= 11 is 1.91. The van der Waals surface area contributed by atoms with Crippen molar-refractivity contribution >= 4 is 11.8 Å². The first kappa shape index (κ1) is 15.5. The Kier molecular flexibility index (Phi) is 6.16. The van der Waals surface area contributed by atoms with Crippen molar-refractivity contribution in [2.45, 2.75) is 40.7 Å². The van der Waals surface area contributed by atoms with Gasteiger partial charge in [0.2, 0.25) is 0 Å². The van der Waals surface area contributed by atoms with Crippen LogP contribution in [0.1, 0.15) is 42.4 Å². The molecular weight excluding hydrogens is 240 g/mol. The Bertz CT molecular complexity index is 367. The molecule has 3 heteroatoms. The summed E-state index contributed by atoms with van der Waals surface area (Å²) in [5.74, 6) is 1.92. The molecule has 2 atom stereocenters. The molecule has 0 aromatic carbocycles. The van der Waals surface area contributed by atoms with Crippen molar-refractivity contribution in [3.8, 4) is 0 Å². The molecule has 1 aromatic heterocycles. The average Bonchev–Trinajstić information content (AvgIpc) is 2.25. The number of nitrogens with zero attached hydrogens (tertiary/aromatic N) is 1. The van der Waals surface area contributed by atoms with Gasteiger partial charge >= 0.3 is 0 Å². The van der Waals surface area contributed by atoms with Crippen LogP contribution in [0.2, 0.25) is 0 Å². The summed E-state index contributed by atoms with van der Waals surface area (Å²) in [5.41, 5.74) is 4.97. The van der Waals surface area contributed by atoms with E-state index in [0.717, 1.165) is 17.9 Å².